The number of methoxy groups -OCH3 is 1. The van der Waals surface area contributed by atoms with Crippen LogP contribution in [-0.2, 0) is 11.3 Å². The minimum absolute atomic E-state index is 0.0489. The van der Waals surface area contributed by atoms with Crippen molar-refractivity contribution in [2.75, 3.05) is 19.0 Å². The lowest BCUT2D eigenvalue weighted by Crippen LogP contribution is -2.18. The predicted molar refractivity (Wildman–Crippen MR) is 111 cm³/mol. The number of nitrogens with one attached hydrogen (secondary N) is 1. The molecule has 2 aromatic rings. The van der Waals surface area contributed by atoms with Gasteiger partial charge in [-0.25, -0.2) is 4.39 Å². The summed E-state index contributed by atoms with van der Waals surface area (Å²) in [5.74, 6) is -1.11. The van der Waals surface area contributed by atoms with Crippen molar-refractivity contribution in [3.05, 3.63) is 88.7 Å². The van der Waals surface area contributed by atoms with Crippen molar-refractivity contribution in [3.63, 3.8) is 0 Å². The molecule has 2 aromatic carbocycles. The molecule has 152 valence electrons. The standard InChI is InChI=1S/C22H19FN4O3/c1-30-12-11-26-13-16(21(28)24-19-10-6-5-9-18(19)23)20-17(14-26)22(29)27(25-20)15-7-3-2-4-8-15/h2-10,13-14H,11-12H2,1H3,(H,24,28). The van der Waals surface area contributed by atoms with Crippen LogP contribution >= 0.6 is 0 Å². The molecule has 0 spiro atoms. The molecule has 0 fully saturated rings. The van der Waals surface area contributed by atoms with Crippen LogP contribution in [0.3, 0.4) is 0 Å². The molecule has 1 N–H and O–H groups in total. The van der Waals surface area contributed by atoms with Crippen molar-refractivity contribution in [1.82, 2.24) is 14.3 Å². The SMILES string of the molecule is COCCn1cc(C(=O)Nc2ccccc2F)c2nn(-c3ccccc3)c(=O)c-2c1. The normalized spacial score (nSPS) is 11.0. The van der Waals surface area contributed by atoms with Gasteiger partial charge in [0.05, 0.1) is 29.1 Å². The Balaban J connectivity index is 1.83. The lowest BCUT2D eigenvalue weighted by molar-refractivity contribution is 0.102. The van der Waals surface area contributed by atoms with Crippen LogP contribution < -0.4 is 10.9 Å². The second kappa shape index (κ2) is 8.30. The summed E-state index contributed by atoms with van der Waals surface area (Å²) in [6.07, 6.45) is 3.22. The van der Waals surface area contributed by atoms with E-state index in [2.05, 4.69) is 10.4 Å². The zero-order valence-corrected chi connectivity index (χ0v) is 16.2. The van der Waals surface area contributed by atoms with Gasteiger partial charge in [-0.3, -0.25) is 9.59 Å². The molecule has 0 unspecified atom stereocenters. The van der Waals surface area contributed by atoms with Crippen molar-refractivity contribution in [1.29, 1.82) is 0 Å². The first kappa shape index (κ1) is 19.5. The van der Waals surface area contributed by atoms with Crippen molar-refractivity contribution in [2.45, 2.75) is 6.54 Å². The summed E-state index contributed by atoms with van der Waals surface area (Å²) in [6, 6.07) is 14.8. The van der Waals surface area contributed by atoms with Crippen molar-refractivity contribution >= 4 is 11.6 Å². The molecular formula is C22H19FN4O3. The first-order valence-corrected chi connectivity index (χ1v) is 9.31. The Morgan fingerprint density at radius 2 is 1.83 bits per heavy atom. The van der Waals surface area contributed by atoms with Crippen LogP contribution in [0.25, 0.3) is 16.9 Å². The van der Waals surface area contributed by atoms with Crippen LogP contribution in [-0.4, -0.2) is 34.0 Å². The number of hydrogen-bond donors (Lipinski definition) is 1. The summed E-state index contributed by atoms with van der Waals surface area (Å²) in [5, 5.41) is 6.95. The summed E-state index contributed by atoms with van der Waals surface area (Å²) >= 11 is 0. The number of fused-ring (bicyclic) bond motifs is 1. The average Bonchev–Trinajstić information content (AvgIpc) is 3.10. The van der Waals surface area contributed by atoms with Crippen LogP contribution in [0.4, 0.5) is 10.1 Å². The van der Waals surface area contributed by atoms with Gasteiger partial charge in [0.2, 0.25) is 0 Å². The lowest BCUT2D eigenvalue weighted by Gasteiger charge is -2.13. The van der Waals surface area contributed by atoms with Gasteiger partial charge in [0.25, 0.3) is 11.5 Å². The molecule has 7 nitrogen and oxygen atoms in total. The molecule has 0 saturated heterocycles. The third kappa shape index (κ3) is 3.72. The van der Waals surface area contributed by atoms with Gasteiger partial charge in [-0.05, 0) is 24.3 Å². The van der Waals surface area contributed by atoms with Crippen LogP contribution in [0.1, 0.15) is 10.4 Å². The third-order valence-corrected chi connectivity index (χ3v) is 4.64. The fourth-order valence-electron chi connectivity index (χ4n) is 3.15. The zero-order valence-electron chi connectivity index (χ0n) is 16.2. The first-order valence-electron chi connectivity index (χ1n) is 9.31. The van der Waals surface area contributed by atoms with Crippen molar-refractivity contribution in [2.24, 2.45) is 0 Å². The fourth-order valence-corrected chi connectivity index (χ4v) is 3.15. The minimum atomic E-state index is -0.561. The smallest absolute Gasteiger partial charge is 0.282 e. The number of para-hydroxylation sites is 2. The van der Waals surface area contributed by atoms with Crippen LogP contribution in [0.15, 0.2) is 71.8 Å². The molecule has 2 heterocycles. The second-order valence-corrected chi connectivity index (χ2v) is 6.65. The molecule has 0 atom stereocenters. The Morgan fingerprint density at radius 1 is 1.10 bits per heavy atom. The molecule has 30 heavy (non-hydrogen) atoms. The molecular weight excluding hydrogens is 387 g/mol. The minimum Gasteiger partial charge on any atom is -0.383 e. The number of pyridine rings is 1. The summed E-state index contributed by atoms with van der Waals surface area (Å²) in [6.45, 7) is 0.827. The van der Waals surface area contributed by atoms with Crippen LogP contribution in [0, 0.1) is 5.82 Å². The number of anilines is 1. The lowest BCUT2D eigenvalue weighted by atomic mass is 10.1. The number of benzene rings is 2. The fraction of sp³-hybridized carbons (Fsp3) is 0.136. The highest BCUT2D eigenvalue weighted by molar-refractivity contribution is 6.08. The predicted octanol–water partition coefficient (Wildman–Crippen LogP) is 3.18. The number of nitrogens with zero attached hydrogens (tertiary/aromatic N) is 3. The Kier molecular flexibility index (Phi) is 5.40. The van der Waals surface area contributed by atoms with E-state index in [-0.39, 0.29) is 28.1 Å². The largest absolute Gasteiger partial charge is 0.383 e. The van der Waals surface area contributed by atoms with Crippen LogP contribution in [0.2, 0.25) is 0 Å². The van der Waals surface area contributed by atoms with E-state index < -0.39 is 11.7 Å². The van der Waals surface area contributed by atoms with Gasteiger partial charge in [-0.15, -0.1) is 0 Å². The van der Waals surface area contributed by atoms with Crippen molar-refractivity contribution < 1.29 is 13.9 Å². The molecule has 4 rings (SSSR count). The van der Waals surface area contributed by atoms with E-state index in [9.17, 15) is 14.0 Å². The molecule has 0 saturated carbocycles. The van der Waals surface area contributed by atoms with Crippen LogP contribution in [0.5, 0.6) is 0 Å². The van der Waals surface area contributed by atoms with Crippen molar-refractivity contribution in [3.8, 4) is 16.9 Å². The Morgan fingerprint density at radius 3 is 2.57 bits per heavy atom. The van der Waals surface area contributed by atoms with E-state index >= 15 is 0 Å². The van der Waals surface area contributed by atoms with Gasteiger partial charge >= 0.3 is 0 Å². The second-order valence-electron chi connectivity index (χ2n) is 6.65. The molecule has 0 aliphatic carbocycles. The van der Waals surface area contributed by atoms with E-state index in [4.69, 9.17) is 4.74 Å². The van der Waals surface area contributed by atoms with E-state index in [1.54, 1.807) is 54.4 Å². The molecule has 2 aliphatic rings. The highest BCUT2D eigenvalue weighted by atomic mass is 19.1. The Labute approximate surface area is 171 Å². The Bertz CT molecular complexity index is 1220. The van der Waals surface area contributed by atoms with E-state index in [1.165, 1.54) is 22.9 Å². The topological polar surface area (TPSA) is 78.2 Å². The molecule has 0 radical (unpaired) electrons. The maximum absolute atomic E-state index is 14.0. The monoisotopic (exact) mass is 406 g/mol. The summed E-state index contributed by atoms with van der Waals surface area (Å²) < 4.78 is 22.1. The van der Waals surface area contributed by atoms with Gasteiger partial charge in [0.15, 0.2) is 0 Å². The van der Waals surface area contributed by atoms with E-state index in [0.717, 1.165) is 0 Å². The average molecular weight is 406 g/mol. The van der Waals surface area contributed by atoms with E-state index in [0.29, 0.717) is 18.8 Å². The highest BCUT2D eigenvalue weighted by Gasteiger charge is 2.25. The Hall–Kier alpha value is -3.78. The quantitative estimate of drug-likeness (QED) is 0.534. The zero-order chi connectivity index (χ0) is 21.1. The maximum Gasteiger partial charge on any atom is 0.282 e. The summed E-state index contributed by atoms with van der Waals surface area (Å²) in [4.78, 5) is 26.0. The molecule has 0 aromatic heterocycles. The number of halogens is 1. The number of amides is 1. The van der Waals surface area contributed by atoms with Gasteiger partial charge < -0.3 is 14.6 Å². The van der Waals surface area contributed by atoms with Gasteiger partial charge in [0, 0.05) is 26.0 Å². The summed E-state index contributed by atoms with van der Waals surface area (Å²) in [7, 11) is 1.57. The molecule has 1 amide bonds. The van der Waals surface area contributed by atoms with Gasteiger partial charge in [-0.2, -0.15) is 9.78 Å². The maximum atomic E-state index is 14.0. The number of carbonyl (C=O) groups is 1. The molecule has 0 bridgehead atoms. The van der Waals surface area contributed by atoms with E-state index in [1.807, 2.05) is 6.07 Å². The number of rotatable bonds is 6. The number of ether oxygens (including phenoxy) is 1. The van der Waals surface area contributed by atoms with Gasteiger partial charge in [-0.1, -0.05) is 30.3 Å². The number of hydrogen-bond acceptors (Lipinski definition) is 4. The molecule has 2 aliphatic heterocycles. The number of carbonyl (C=O) groups excluding carboxylic acids is 1. The summed E-state index contributed by atoms with van der Waals surface area (Å²) in [5.41, 5.74) is 0.986. The molecule has 8 heteroatoms. The first-order chi connectivity index (χ1) is 14.6. The van der Waals surface area contributed by atoms with Gasteiger partial charge in [0.1, 0.15) is 11.5 Å². The highest BCUT2D eigenvalue weighted by Crippen LogP contribution is 2.24. The third-order valence-electron chi connectivity index (χ3n) is 4.64. The number of aromatic nitrogens is 3.